The zero-order chi connectivity index (χ0) is 17.9. The molecule has 0 bridgehead atoms. The Kier molecular flexibility index (Phi) is 5.96. The number of alkyl halides is 1. The van der Waals surface area contributed by atoms with Crippen molar-refractivity contribution >= 4 is 51.0 Å². The third-order valence-electron chi connectivity index (χ3n) is 3.11. The quantitative estimate of drug-likeness (QED) is 0.223. The minimum Gasteiger partial charge on any atom is -0.494 e. The van der Waals surface area contributed by atoms with E-state index in [0.29, 0.717) is 15.7 Å². The highest BCUT2D eigenvalue weighted by molar-refractivity contribution is 14.1. The van der Waals surface area contributed by atoms with E-state index in [9.17, 15) is 24.0 Å². The Labute approximate surface area is 152 Å². The molecule has 8 nitrogen and oxygen atoms in total. The maximum Gasteiger partial charge on any atom is 0.234 e. The largest absolute Gasteiger partial charge is 0.494 e. The highest BCUT2D eigenvalue weighted by Crippen LogP contribution is 2.30. The lowest BCUT2D eigenvalue weighted by atomic mass is 10.1. The Bertz CT molecular complexity index is 802. The number of hydrogen-bond donors (Lipinski definition) is 4. The molecule has 0 saturated carbocycles. The number of ketones is 1. The molecule has 0 spiro atoms. The molecule has 1 unspecified atom stereocenters. The monoisotopic (exact) mass is 464 g/mol. The van der Waals surface area contributed by atoms with Crippen molar-refractivity contribution in [1.29, 1.82) is 0 Å². The van der Waals surface area contributed by atoms with Crippen molar-refractivity contribution in [2.24, 2.45) is 0 Å². The number of nitrogens with zero attached hydrogens (tertiary/aromatic N) is 1. The number of Topliss-reactive ketones (excluding diaryl/α,β-unsaturated/α-hetero) is 1. The van der Waals surface area contributed by atoms with Crippen LogP contribution in [0.3, 0.4) is 0 Å². The summed E-state index contributed by atoms with van der Waals surface area (Å²) in [5.74, 6) is -1.74. The summed E-state index contributed by atoms with van der Waals surface area (Å²) in [7, 11) is 0. The van der Waals surface area contributed by atoms with Gasteiger partial charge in [-0.1, -0.05) is 22.6 Å². The number of aromatic hydroxyl groups is 2. The molecule has 0 saturated heterocycles. The number of rotatable bonds is 6. The summed E-state index contributed by atoms with van der Waals surface area (Å²) in [6.45, 7) is -0.408. The summed E-state index contributed by atoms with van der Waals surface area (Å²) in [5, 5.41) is 22.1. The van der Waals surface area contributed by atoms with Crippen LogP contribution >= 0.6 is 22.6 Å². The fourth-order valence-electron chi connectivity index (χ4n) is 1.95. The molecular formula is C14H13IN2O6S. The number of benzene rings is 1. The van der Waals surface area contributed by atoms with E-state index in [2.05, 4.69) is 5.32 Å². The number of carbonyl (C=O) groups is 2. The first kappa shape index (κ1) is 18.4. The van der Waals surface area contributed by atoms with E-state index in [4.69, 9.17) is 4.55 Å². The number of amides is 1. The fraction of sp³-hybridized carbons (Fsp3) is 0.143. The highest BCUT2D eigenvalue weighted by Gasteiger charge is 2.20. The zero-order valence-corrected chi connectivity index (χ0v) is 15.1. The number of carbonyl (C=O) groups excluding carboxylic acids is 2. The Morgan fingerprint density at radius 3 is 2.33 bits per heavy atom. The molecule has 2 aromatic rings. The van der Waals surface area contributed by atoms with Crippen LogP contribution in [0.5, 0.6) is 11.8 Å². The van der Waals surface area contributed by atoms with Gasteiger partial charge in [-0.25, -0.2) is 4.21 Å². The van der Waals surface area contributed by atoms with Crippen molar-refractivity contribution in [1.82, 2.24) is 4.57 Å². The summed E-state index contributed by atoms with van der Waals surface area (Å²) in [6.07, 6.45) is 0. The number of aromatic nitrogens is 1. The van der Waals surface area contributed by atoms with E-state index in [-0.39, 0.29) is 10.8 Å². The summed E-state index contributed by atoms with van der Waals surface area (Å²) in [6, 6.07) is 7.02. The van der Waals surface area contributed by atoms with Crippen molar-refractivity contribution < 1.29 is 28.6 Å². The molecule has 0 aliphatic heterocycles. The van der Waals surface area contributed by atoms with Gasteiger partial charge in [-0.15, -0.1) is 0 Å². The van der Waals surface area contributed by atoms with E-state index in [1.807, 2.05) is 22.6 Å². The normalized spacial score (nSPS) is 11.9. The molecule has 2 rings (SSSR count). The maximum absolute atomic E-state index is 12.2. The number of nitrogens with one attached hydrogen (secondary N) is 1. The molecular weight excluding hydrogens is 451 g/mol. The van der Waals surface area contributed by atoms with Gasteiger partial charge in [-0.2, -0.15) is 0 Å². The Morgan fingerprint density at radius 1 is 1.21 bits per heavy atom. The van der Waals surface area contributed by atoms with Crippen molar-refractivity contribution in [2.75, 3.05) is 9.74 Å². The van der Waals surface area contributed by atoms with Crippen LogP contribution < -0.4 is 5.32 Å². The molecule has 0 aliphatic carbocycles. The molecule has 128 valence electrons. The second-order valence-electron chi connectivity index (χ2n) is 4.71. The minimum absolute atomic E-state index is 0.165. The maximum atomic E-state index is 12.2. The first-order chi connectivity index (χ1) is 11.3. The molecule has 1 aromatic heterocycles. The van der Waals surface area contributed by atoms with Gasteiger partial charge < -0.3 is 20.1 Å². The van der Waals surface area contributed by atoms with E-state index in [1.54, 1.807) is 12.1 Å². The SMILES string of the molecule is O=C(CI)Nc1ccc(C(=O)Cn2c(O)cc(S(=O)O)c2O)cc1. The molecule has 0 radical (unpaired) electrons. The van der Waals surface area contributed by atoms with E-state index in [1.165, 1.54) is 12.1 Å². The van der Waals surface area contributed by atoms with Crippen molar-refractivity contribution in [3.8, 4) is 11.8 Å². The Hall–Kier alpha value is -1.92. The molecule has 1 atom stereocenters. The zero-order valence-electron chi connectivity index (χ0n) is 12.1. The molecule has 1 heterocycles. The van der Waals surface area contributed by atoms with Gasteiger partial charge in [-0.05, 0) is 24.3 Å². The Balaban J connectivity index is 2.16. The smallest absolute Gasteiger partial charge is 0.234 e. The summed E-state index contributed by atoms with van der Waals surface area (Å²) >= 11 is -0.555. The van der Waals surface area contributed by atoms with Gasteiger partial charge in [0.15, 0.2) is 22.7 Å². The number of anilines is 1. The van der Waals surface area contributed by atoms with Gasteiger partial charge in [0.25, 0.3) is 0 Å². The highest BCUT2D eigenvalue weighted by atomic mass is 127. The van der Waals surface area contributed by atoms with E-state index < -0.39 is 35.2 Å². The molecule has 24 heavy (non-hydrogen) atoms. The van der Waals surface area contributed by atoms with Crippen LogP contribution in [0, 0.1) is 0 Å². The van der Waals surface area contributed by atoms with Crippen LogP contribution in [0.1, 0.15) is 10.4 Å². The standard InChI is InChI=1S/C14H13IN2O6S/c15-6-12(19)16-9-3-1-8(2-4-9)10(18)7-17-13(20)5-11(14(17)21)24(22)23/h1-5,20-21H,6-7H2,(H,16,19)(H,22,23). The van der Waals surface area contributed by atoms with E-state index >= 15 is 0 Å². The van der Waals surface area contributed by atoms with Crippen LogP contribution in [0.4, 0.5) is 5.69 Å². The summed E-state index contributed by atoms with van der Waals surface area (Å²) in [5.41, 5.74) is 0.833. The molecule has 10 heteroatoms. The van der Waals surface area contributed by atoms with Crippen LogP contribution in [0.2, 0.25) is 0 Å². The third kappa shape index (κ3) is 4.13. The Morgan fingerprint density at radius 2 is 1.83 bits per heavy atom. The lowest BCUT2D eigenvalue weighted by molar-refractivity contribution is -0.113. The molecule has 1 aromatic carbocycles. The first-order valence-electron chi connectivity index (χ1n) is 6.55. The van der Waals surface area contributed by atoms with Gasteiger partial charge in [-0.3, -0.25) is 14.2 Å². The van der Waals surface area contributed by atoms with E-state index in [0.717, 1.165) is 10.6 Å². The predicted molar refractivity (Wildman–Crippen MR) is 95.1 cm³/mol. The second-order valence-corrected chi connectivity index (χ2v) is 6.41. The van der Waals surface area contributed by atoms with Crippen LogP contribution in [-0.4, -0.2) is 39.7 Å². The number of halogens is 1. The molecule has 4 N–H and O–H groups in total. The van der Waals surface area contributed by atoms with Crippen LogP contribution in [0.25, 0.3) is 0 Å². The molecule has 0 aliphatic rings. The van der Waals surface area contributed by atoms with Crippen molar-refractivity contribution in [3.63, 3.8) is 0 Å². The lowest BCUT2D eigenvalue weighted by Gasteiger charge is -2.07. The van der Waals surface area contributed by atoms with Crippen LogP contribution in [0.15, 0.2) is 35.2 Å². The predicted octanol–water partition coefficient (Wildman–Crippen LogP) is 1.74. The van der Waals surface area contributed by atoms with Gasteiger partial charge in [0, 0.05) is 17.3 Å². The topological polar surface area (TPSA) is 129 Å². The average molecular weight is 464 g/mol. The van der Waals surface area contributed by atoms with Gasteiger partial charge in [0.1, 0.15) is 4.90 Å². The second kappa shape index (κ2) is 7.77. The molecule has 0 fully saturated rings. The third-order valence-corrected chi connectivity index (χ3v) is 4.48. The van der Waals surface area contributed by atoms with Crippen molar-refractivity contribution in [2.45, 2.75) is 11.4 Å². The lowest BCUT2D eigenvalue weighted by Crippen LogP contribution is -2.13. The molecule has 1 amide bonds. The van der Waals surface area contributed by atoms with Gasteiger partial charge >= 0.3 is 0 Å². The summed E-state index contributed by atoms with van der Waals surface area (Å²) in [4.78, 5) is 23.1. The fourth-order valence-corrected chi connectivity index (χ4v) is 2.62. The van der Waals surface area contributed by atoms with Crippen molar-refractivity contribution in [3.05, 3.63) is 35.9 Å². The van der Waals surface area contributed by atoms with Crippen LogP contribution in [-0.2, 0) is 22.4 Å². The van der Waals surface area contributed by atoms with Gasteiger partial charge in [0.2, 0.25) is 11.8 Å². The number of hydrogen-bond acceptors (Lipinski definition) is 5. The summed E-state index contributed by atoms with van der Waals surface area (Å²) < 4.78 is 21.1. The first-order valence-corrected chi connectivity index (χ1v) is 9.18. The average Bonchev–Trinajstić information content (AvgIpc) is 2.83. The van der Waals surface area contributed by atoms with Gasteiger partial charge in [0.05, 0.1) is 11.0 Å². The minimum atomic E-state index is -2.48.